The van der Waals surface area contributed by atoms with Gasteiger partial charge >= 0.3 is 0 Å². The molecule has 1 heterocycles. The van der Waals surface area contributed by atoms with E-state index in [2.05, 4.69) is 19.1 Å². The quantitative estimate of drug-likeness (QED) is 0.760. The molecule has 0 aliphatic carbocycles. The average Bonchev–Trinajstić information content (AvgIpc) is 2.18. The van der Waals surface area contributed by atoms with Crippen molar-refractivity contribution in [3.8, 4) is 5.75 Å². The Hall–Kier alpha value is -0.670. The van der Waals surface area contributed by atoms with E-state index in [1.807, 2.05) is 12.1 Å². The van der Waals surface area contributed by atoms with Gasteiger partial charge < -0.3 is 4.74 Å². The molecule has 2 unspecified atom stereocenters. The SMILES string of the molecule is CC1CC(CSN)c2ccccc2O1. The molecule has 2 rings (SSSR count). The summed E-state index contributed by atoms with van der Waals surface area (Å²) in [4.78, 5) is 0. The normalized spacial score (nSPS) is 25.3. The molecule has 2 atom stereocenters. The van der Waals surface area contributed by atoms with Gasteiger partial charge in [-0.05, 0) is 25.0 Å². The van der Waals surface area contributed by atoms with Crippen LogP contribution >= 0.6 is 11.9 Å². The first-order chi connectivity index (χ1) is 6.81. The predicted molar refractivity (Wildman–Crippen MR) is 60.5 cm³/mol. The molecule has 0 fully saturated rings. The first-order valence-corrected chi connectivity index (χ1v) is 5.93. The lowest BCUT2D eigenvalue weighted by molar-refractivity contribution is 0.180. The molecule has 0 amide bonds. The number of nitrogens with two attached hydrogens (primary N) is 1. The zero-order valence-corrected chi connectivity index (χ0v) is 9.09. The van der Waals surface area contributed by atoms with Crippen LogP contribution in [0.5, 0.6) is 5.75 Å². The maximum Gasteiger partial charge on any atom is 0.123 e. The van der Waals surface area contributed by atoms with E-state index >= 15 is 0 Å². The Labute approximate surface area is 89.0 Å². The second kappa shape index (κ2) is 4.24. The van der Waals surface area contributed by atoms with E-state index in [4.69, 9.17) is 9.88 Å². The number of rotatable bonds is 2. The zero-order chi connectivity index (χ0) is 9.97. The van der Waals surface area contributed by atoms with Crippen LogP contribution in [0.25, 0.3) is 0 Å². The summed E-state index contributed by atoms with van der Waals surface area (Å²) in [6, 6.07) is 8.26. The summed E-state index contributed by atoms with van der Waals surface area (Å²) in [6.07, 6.45) is 1.38. The fourth-order valence-electron chi connectivity index (χ4n) is 1.99. The van der Waals surface area contributed by atoms with E-state index in [1.54, 1.807) is 0 Å². The van der Waals surface area contributed by atoms with Gasteiger partial charge in [0.25, 0.3) is 0 Å². The number of ether oxygens (including phenoxy) is 1. The summed E-state index contributed by atoms with van der Waals surface area (Å²) in [5.41, 5.74) is 1.31. The van der Waals surface area contributed by atoms with Crippen LogP contribution in [0.3, 0.4) is 0 Å². The molecule has 0 bridgehead atoms. The van der Waals surface area contributed by atoms with Crippen molar-refractivity contribution in [2.24, 2.45) is 5.14 Å². The van der Waals surface area contributed by atoms with Crippen LogP contribution in [0.15, 0.2) is 24.3 Å². The van der Waals surface area contributed by atoms with Gasteiger partial charge in [-0.2, -0.15) is 0 Å². The topological polar surface area (TPSA) is 35.2 Å². The predicted octanol–water partition coefficient (Wildman–Crippen LogP) is 2.55. The van der Waals surface area contributed by atoms with Gasteiger partial charge in [-0.1, -0.05) is 30.1 Å². The van der Waals surface area contributed by atoms with Crippen LogP contribution in [0, 0.1) is 0 Å². The molecular formula is C11H15NOS. The molecule has 0 radical (unpaired) electrons. The summed E-state index contributed by atoms with van der Waals surface area (Å²) in [7, 11) is 0. The smallest absolute Gasteiger partial charge is 0.123 e. The number of benzene rings is 1. The van der Waals surface area contributed by atoms with Gasteiger partial charge in [-0.25, -0.2) is 0 Å². The minimum absolute atomic E-state index is 0.307. The van der Waals surface area contributed by atoms with Crippen LogP contribution < -0.4 is 9.88 Å². The van der Waals surface area contributed by atoms with Crippen molar-refractivity contribution >= 4 is 11.9 Å². The lowest BCUT2D eigenvalue weighted by Gasteiger charge is -2.29. The highest BCUT2D eigenvalue weighted by molar-refractivity contribution is 7.97. The average molecular weight is 209 g/mol. The minimum atomic E-state index is 0.307. The third-order valence-electron chi connectivity index (χ3n) is 2.60. The molecule has 0 saturated heterocycles. The van der Waals surface area contributed by atoms with E-state index in [0.29, 0.717) is 12.0 Å². The Morgan fingerprint density at radius 2 is 2.29 bits per heavy atom. The highest BCUT2D eigenvalue weighted by Crippen LogP contribution is 2.36. The Bertz CT molecular complexity index is 316. The Morgan fingerprint density at radius 1 is 1.50 bits per heavy atom. The molecule has 1 aliphatic rings. The van der Waals surface area contributed by atoms with Crippen molar-refractivity contribution in [2.75, 3.05) is 5.75 Å². The van der Waals surface area contributed by atoms with E-state index in [9.17, 15) is 0 Å². The summed E-state index contributed by atoms with van der Waals surface area (Å²) < 4.78 is 5.76. The summed E-state index contributed by atoms with van der Waals surface area (Å²) >= 11 is 1.42. The van der Waals surface area contributed by atoms with Crippen molar-refractivity contribution in [3.05, 3.63) is 29.8 Å². The van der Waals surface area contributed by atoms with Gasteiger partial charge in [0.2, 0.25) is 0 Å². The summed E-state index contributed by atoms with van der Waals surface area (Å²) in [5.74, 6) is 2.56. The first-order valence-electron chi connectivity index (χ1n) is 4.88. The molecule has 3 heteroatoms. The van der Waals surface area contributed by atoms with E-state index in [-0.39, 0.29) is 0 Å². The molecule has 0 aromatic heterocycles. The maximum atomic E-state index is 5.76. The van der Waals surface area contributed by atoms with Gasteiger partial charge in [-0.3, -0.25) is 5.14 Å². The van der Waals surface area contributed by atoms with Crippen LogP contribution in [-0.4, -0.2) is 11.9 Å². The molecule has 14 heavy (non-hydrogen) atoms. The van der Waals surface area contributed by atoms with Crippen molar-refractivity contribution < 1.29 is 4.74 Å². The van der Waals surface area contributed by atoms with Gasteiger partial charge in [-0.15, -0.1) is 0 Å². The lowest BCUT2D eigenvalue weighted by atomic mass is 9.92. The van der Waals surface area contributed by atoms with Crippen molar-refractivity contribution in [1.29, 1.82) is 0 Å². The molecule has 1 aromatic carbocycles. The highest BCUT2D eigenvalue weighted by atomic mass is 32.2. The van der Waals surface area contributed by atoms with Crippen molar-refractivity contribution in [2.45, 2.75) is 25.4 Å². The maximum absolute atomic E-state index is 5.76. The van der Waals surface area contributed by atoms with Crippen LogP contribution in [0.1, 0.15) is 24.8 Å². The van der Waals surface area contributed by atoms with Gasteiger partial charge in [0.15, 0.2) is 0 Å². The molecule has 2 nitrogen and oxygen atoms in total. The summed E-state index contributed by atoms with van der Waals surface area (Å²) in [6.45, 7) is 2.12. The van der Waals surface area contributed by atoms with Crippen LogP contribution in [0.4, 0.5) is 0 Å². The molecule has 0 saturated carbocycles. The van der Waals surface area contributed by atoms with Gasteiger partial charge in [0, 0.05) is 11.7 Å². The second-order valence-corrected chi connectivity index (χ2v) is 4.40. The van der Waals surface area contributed by atoms with E-state index in [1.165, 1.54) is 17.5 Å². The zero-order valence-electron chi connectivity index (χ0n) is 8.27. The monoisotopic (exact) mass is 209 g/mol. The fraction of sp³-hybridized carbons (Fsp3) is 0.455. The Morgan fingerprint density at radius 3 is 3.07 bits per heavy atom. The van der Waals surface area contributed by atoms with Gasteiger partial charge in [0.1, 0.15) is 5.75 Å². The number of hydrogen-bond acceptors (Lipinski definition) is 3. The molecule has 0 spiro atoms. The molecule has 76 valence electrons. The number of hydrogen-bond donors (Lipinski definition) is 1. The summed E-state index contributed by atoms with van der Waals surface area (Å²) in [5, 5.41) is 5.54. The van der Waals surface area contributed by atoms with E-state index < -0.39 is 0 Å². The van der Waals surface area contributed by atoms with Crippen molar-refractivity contribution in [3.63, 3.8) is 0 Å². The number of fused-ring (bicyclic) bond motifs is 1. The Kier molecular flexibility index (Phi) is 2.99. The van der Waals surface area contributed by atoms with E-state index in [0.717, 1.165) is 17.9 Å². The third-order valence-corrected chi connectivity index (χ3v) is 3.20. The molecule has 1 aromatic rings. The van der Waals surface area contributed by atoms with Crippen molar-refractivity contribution in [1.82, 2.24) is 0 Å². The second-order valence-electron chi connectivity index (χ2n) is 3.73. The minimum Gasteiger partial charge on any atom is -0.490 e. The first kappa shape index (κ1) is 9.87. The Balaban J connectivity index is 2.28. The molecule has 2 N–H and O–H groups in total. The molecule has 1 aliphatic heterocycles. The largest absolute Gasteiger partial charge is 0.490 e. The van der Waals surface area contributed by atoms with Crippen LogP contribution in [-0.2, 0) is 0 Å². The van der Waals surface area contributed by atoms with Crippen LogP contribution in [0.2, 0.25) is 0 Å². The lowest BCUT2D eigenvalue weighted by Crippen LogP contribution is -2.24. The fourth-order valence-corrected chi connectivity index (χ4v) is 2.54. The highest BCUT2D eigenvalue weighted by Gasteiger charge is 2.24. The van der Waals surface area contributed by atoms with Gasteiger partial charge in [0.05, 0.1) is 6.10 Å². The third kappa shape index (κ3) is 1.88. The number of para-hydroxylation sites is 1. The standard InChI is InChI=1S/C11H15NOS/c1-8-6-9(7-14-12)10-4-2-3-5-11(10)13-8/h2-5,8-9H,6-7,12H2,1H3. The molecular weight excluding hydrogens is 194 g/mol.